The highest BCUT2D eigenvalue weighted by atomic mass is 16.7. The van der Waals surface area contributed by atoms with E-state index in [4.69, 9.17) is 9.47 Å². The summed E-state index contributed by atoms with van der Waals surface area (Å²) in [6.45, 7) is 13.1. The van der Waals surface area contributed by atoms with Crippen LogP contribution in [0.4, 0.5) is 0 Å². The Kier molecular flexibility index (Phi) is 2.30. The molecule has 17 heavy (non-hydrogen) atoms. The molecule has 2 nitrogen and oxygen atoms in total. The van der Waals surface area contributed by atoms with Gasteiger partial charge in [-0.05, 0) is 49.9 Å². The first-order valence-corrected chi connectivity index (χ1v) is 7.07. The Bertz CT molecular complexity index is 322. The normalized spacial score (nSPS) is 45.4. The molecule has 2 saturated carbocycles. The summed E-state index contributed by atoms with van der Waals surface area (Å²) in [6, 6.07) is 0. The second-order valence-corrected chi connectivity index (χ2v) is 7.59. The van der Waals surface area contributed by atoms with Crippen molar-refractivity contribution in [2.24, 2.45) is 28.6 Å². The zero-order chi connectivity index (χ0) is 12.5. The summed E-state index contributed by atoms with van der Waals surface area (Å²) in [5.74, 6) is 2.08. The van der Waals surface area contributed by atoms with Gasteiger partial charge < -0.3 is 9.47 Å². The minimum atomic E-state index is -0.378. The van der Waals surface area contributed by atoms with E-state index in [9.17, 15) is 0 Å². The molecule has 3 fully saturated rings. The predicted octanol–water partition coefficient (Wildman–Crippen LogP) is 3.46. The molecule has 0 aromatic heterocycles. The van der Waals surface area contributed by atoms with Crippen LogP contribution < -0.4 is 0 Å². The van der Waals surface area contributed by atoms with Crippen molar-refractivity contribution in [1.82, 2.24) is 0 Å². The Morgan fingerprint density at radius 2 is 1.53 bits per heavy atom. The molecule has 98 valence electrons. The van der Waals surface area contributed by atoms with E-state index in [2.05, 4.69) is 20.8 Å². The van der Waals surface area contributed by atoms with Gasteiger partial charge in [0.15, 0.2) is 5.79 Å². The molecule has 0 radical (unpaired) electrons. The first kappa shape index (κ1) is 12.0. The zero-order valence-electron chi connectivity index (χ0n) is 11.9. The molecule has 0 aromatic carbocycles. The lowest BCUT2D eigenvalue weighted by Crippen LogP contribution is -2.52. The fourth-order valence-electron chi connectivity index (χ4n) is 4.61. The van der Waals surface area contributed by atoms with Gasteiger partial charge in [-0.25, -0.2) is 0 Å². The highest BCUT2D eigenvalue weighted by molar-refractivity contribution is 5.17. The SMILES string of the molecule is CC1CC[C@@H]2[C@H](C13COC(C)(C)OC3)C2(C)C. The van der Waals surface area contributed by atoms with Crippen molar-refractivity contribution in [2.45, 2.75) is 53.2 Å². The molecule has 2 heteroatoms. The maximum absolute atomic E-state index is 6.00. The third kappa shape index (κ3) is 1.53. The van der Waals surface area contributed by atoms with Crippen LogP contribution in [0.25, 0.3) is 0 Å². The molecular weight excluding hydrogens is 212 g/mol. The van der Waals surface area contributed by atoms with Crippen LogP contribution in [0.5, 0.6) is 0 Å². The van der Waals surface area contributed by atoms with Gasteiger partial charge in [-0.2, -0.15) is 0 Å². The molecule has 1 heterocycles. The van der Waals surface area contributed by atoms with Crippen LogP contribution in [0, 0.1) is 28.6 Å². The van der Waals surface area contributed by atoms with Crippen molar-refractivity contribution in [3.8, 4) is 0 Å². The smallest absolute Gasteiger partial charge is 0.162 e. The molecule has 3 rings (SSSR count). The highest BCUT2D eigenvalue weighted by Crippen LogP contribution is 2.73. The van der Waals surface area contributed by atoms with Crippen LogP contribution in [-0.4, -0.2) is 19.0 Å². The molecule has 0 N–H and O–H groups in total. The Morgan fingerprint density at radius 3 is 2.12 bits per heavy atom. The van der Waals surface area contributed by atoms with Crippen molar-refractivity contribution in [2.75, 3.05) is 13.2 Å². The van der Waals surface area contributed by atoms with Gasteiger partial charge in [0.25, 0.3) is 0 Å². The summed E-state index contributed by atoms with van der Waals surface area (Å²) in [5, 5.41) is 0. The lowest BCUT2D eigenvalue weighted by atomic mass is 9.66. The van der Waals surface area contributed by atoms with Crippen LogP contribution in [-0.2, 0) is 9.47 Å². The predicted molar refractivity (Wildman–Crippen MR) is 67.6 cm³/mol. The Labute approximate surface area is 105 Å². The average Bonchev–Trinajstić information content (AvgIpc) is 2.80. The van der Waals surface area contributed by atoms with Gasteiger partial charge in [0, 0.05) is 5.41 Å². The first-order chi connectivity index (χ1) is 7.80. The quantitative estimate of drug-likeness (QED) is 0.643. The molecule has 3 atom stereocenters. The summed E-state index contributed by atoms with van der Waals surface area (Å²) >= 11 is 0. The van der Waals surface area contributed by atoms with Crippen LogP contribution in [0.2, 0.25) is 0 Å². The number of hydrogen-bond acceptors (Lipinski definition) is 2. The summed E-state index contributed by atoms with van der Waals surface area (Å²) in [7, 11) is 0. The van der Waals surface area contributed by atoms with Gasteiger partial charge in [-0.3, -0.25) is 0 Å². The molecular formula is C15H26O2. The van der Waals surface area contributed by atoms with Gasteiger partial charge in [0.2, 0.25) is 0 Å². The second-order valence-electron chi connectivity index (χ2n) is 7.59. The molecule has 2 aliphatic carbocycles. The molecule has 1 spiro atoms. The highest BCUT2D eigenvalue weighted by Gasteiger charge is 2.70. The Hall–Kier alpha value is -0.0800. The van der Waals surface area contributed by atoms with Gasteiger partial charge in [-0.1, -0.05) is 20.8 Å². The van der Waals surface area contributed by atoms with Crippen molar-refractivity contribution >= 4 is 0 Å². The van der Waals surface area contributed by atoms with E-state index in [1.807, 2.05) is 13.8 Å². The Balaban J connectivity index is 1.86. The minimum Gasteiger partial charge on any atom is -0.350 e. The summed E-state index contributed by atoms with van der Waals surface area (Å²) in [4.78, 5) is 0. The number of hydrogen-bond donors (Lipinski definition) is 0. The maximum Gasteiger partial charge on any atom is 0.162 e. The van der Waals surface area contributed by atoms with E-state index in [-0.39, 0.29) is 5.79 Å². The third-order valence-corrected chi connectivity index (χ3v) is 5.94. The number of fused-ring (bicyclic) bond motifs is 2. The lowest BCUT2D eigenvalue weighted by molar-refractivity contribution is -0.302. The zero-order valence-corrected chi connectivity index (χ0v) is 11.9. The van der Waals surface area contributed by atoms with Crippen LogP contribution >= 0.6 is 0 Å². The largest absolute Gasteiger partial charge is 0.350 e. The van der Waals surface area contributed by atoms with E-state index < -0.39 is 0 Å². The topological polar surface area (TPSA) is 18.5 Å². The van der Waals surface area contributed by atoms with E-state index in [0.29, 0.717) is 10.8 Å². The lowest BCUT2D eigenvalue weighted by Gasteiger charge is -2.49. The second kappa shape index (κ2) is 3.27. The van der Waals surface area contributed by atoms with E-state index in [1.54, 1.807) is 0 Å². The molecule has 1 saturated heterocycles. The van der Waals surface area contributed by atoms with Crippen molar-refractivity contribution in [3.05, 3.63) is 0 Å². The van der Waals surface area contributed by atoms with Crippen molar-refractivity contribution < 1.29 is 9.47 Å². The van der Waals surface area contributed by atoms with E-state index in [1.165, 1.54) is 12.8 Å². The van der Waals surface area contributed by atoms with Crippen molar-refractivity contribution in [3.63, 3.8) is 0 Å². The summed E-state index contributed by atoms with van der Waals surface area (Å²) in [5.41, 5.74) is 0.806. The first-order valence-electron chi connectivity index (χ1n) is 7.07. The van der Waals surface area contributed by atoms with E-state index >= 15 is 0 Å². The van der Waals surface area contributed by atoms with Gasteiger partial charge >= 0.3 is 0 Å². The third-order valence-electron chi connectivity index (χ3n) is 5.94. The summed E-state index contributed by atoms with van der Waals surface area (Å²) in [6.07, 6.45) is 2.75. The van der Waals surface area contributed by atoms with Crippen LogP contribution in [0.15, 0.2) is 0 Å². The molecule has 1 aliphatic heterocycles. The fraction of sp³-hybridized carbons (Fsp3) is 1.00. The van der Waals surface area contributed by atoms with Gasteiger partial charge in [-0.15, -0.1) is 0 Å². The number of ether oxygens (including phenoxy) is 2. The Morgan fingerprint density at radius 1 is 0.941 bits per heavy atom. The number of rotatable bonds is 0. The standard InChI is InChI=1S/C15H26O2/c1-10-6-7-11-12(13(11,2)3)15(10)8-16-14(4,5)17-9-15/h10-12H,6-9H2,1-5H3/t10?,11-,12+/m1/s1. The van der Waals surface area contributed by atoms with Gasteiger partial charge in [0.05, 0.1) is 13.2 Å². The van der Waals surface area contributed by atoms with Crippen molar-refractivity contribution in [1.29, 1.82) is 0 Å². The molecule has 0 aromatic rings. The van der Waals surface area contributed by atoms with Crippen LogP contribution in [0.1, 0.15) is 47.5 Å². The minimum absolute atomic E-state index is 0.294. The maximum atomic E-state index is 6.00. The molecule has 0 bridgehead atoms. The monoisotopic (exact) mass is 238 g/mol. The van der Waals surface area contributed by atoms with Crippen LogP contribution in [0.3, 0.4) is 0 Å². The molecule has 3 aliphatic rings. The fourth-order valence-corrected chi connectivity index (χ4v) is 4.61. The molecule has 1 unspecified atom stereocenters. The molecule has 0 amide bonds. The average molecular weight is 238 g/mol. The summed E-state index contributed by atoms with van der Waals surface area (Å²) < 4.78 is 12.0. The van der Waals surface area contributed by atoms with Gasteiger partial charge in [0.1, 0.15) is 0 Å². The van der Waals surface area contributed by atoms with E-state index in [0.717, 1.165) is 31.0 Å².